The molecule has 0 saturated carbocycles. The van der Waals surface area contributed by atoms with E-state index in [9.17, 15) is 0 Å². The third kappa shape index (κ3) is 4.78. The summed E-state index contributed by atoms with van der Waals surface area (Å²) >= 11 is 0. The largest absolute Gasteiger partial charge is 0.310 e. The lowest BCUT2D eigenvalue weighted by atomic mass is 9.72. The molecule has 7 aromatic rings. The molecule has 0 fully saturated rings. The Morgan fingerprint density at radius 3 is 1.63 bits per heavy atom. The molecular weight excluding hydrogens is 555 g/mol. The summed E-state index contributed by atoms with van der Waals surface area (Å²) < 4.78 is 0. The zero-order valence-corrected chi connectivity index (χ0v) is 25.3. The molecule has 0 heterocycles. The molecule has 8 rings (SSSR count). The predicted molar refractivity (Wildman–Crippen MR) is 192 cm³/mol. The number of benzene rings is 7. The first-order valence-corrected chi connectivity index (χ1v) is 15.7. The van der Waals surface area contributed by atoms with Crippen molar-refractivity contribution in [2.75, 3.05) is 4.90 Å². The highest BCUT2D eigenvalue weighted by molar-refractivity contribution is 5.89. The minimum atomic E-state index is -0.614. The van der Waals surface area contributed by atoms with Crippen LogP contribution in [0.15, 0.2) is 188 Å². The van der Waals surface area contributed by atoms with E-state index >= 15 is 0 Å². The molecule has 1 atom stereocenters. The number of rotatable bonds is 5. The van der Waals surface area contributed by atoms with E-state index in [0.717, 1.165) is 33.8 Å². The van der Waals surface area contributed by atoms with E-state index in [4.69, 9.17) is 0 Å². The molecule has 1 aliphatic rings. The summed E-state index contributed by atoms with van der Waals surface area (Å²) in [6, 6.07) is 66.7. The van der Waals surface area contributed by atoms with E-state index < -0.39 is 5.41 Å². The molecule has 1 heteroatoms. The standard InChI is InChI=1S/C45H31N/c1-5-16-34(17-6-1)30-31-45(37-19-7-2-8-20-37)43-27-14-13-26-41(43)42-29-28-36(33-44(42)45)35-18-15-25-40(32-35)46(38-21-9-3-10-22-38)39-23-11-4-12-24-39/h1-29,32-33H. The second-order valence-electron chi connectivity index (χ2n) is 11.6. The summed E-state index contributed by atoms with van der Waals surface area (Å²) in [5.41, 5.74) is 12.2. The summed E-state index contributed by atoms with van der Waals surface area (Å²) in [4.78, 5) is 2.31. The average molecular weight is 586 g/mol. The van der Waals surface area contributed by atoms with Gasteiger partial charge in [-0.15, -0.1) is 0 Å². The summed E-state index contributed by atoms with van der Waals surface area (Å²) in [7, 11) is 0. The summed E-state index contributed by atoms with van der Waals surface area (Å²) in [6.45, 7) is 0. The molecule has 1 unspecified atom stereocenters. The maximum atomic E-state index is 3.83. The Morgan fingerprint density at radius 2 is 0.935 bits per heavy atom. The Bertz CT molecular complexity index is 2150. The molecule has 216 valence electrons. The first kappa shape index (κ1) is 27.4. The molecule has 0 aliphatic heterocycles. The number of anilines is 3. The molecule has 0 spiro atoms. The van der Waals surface area contributed by atoms with E-state index in [2.05, 4.69) is 199 Å². The van der Waals surface area contributed by atoms with Crippen LogP contribution in [0, 0.1) is 11.8 Å². The molecular formula is C45H31N. The van der Waals surface area contributed by atoms with Gasteiger partial charge < -0.3 is 4.90 Å². The number of para-hydroxylation sites is 2. The molecule has 0 saturated heterocycles. The highest BCUT2D eigenvalue weighted by Crippen LogP contribution is 2.53. The van der Waals surface area contributed by atoms with Crippen molar-refractivity contribution in [3.05, 3.63) is 210 Å². The lowest BCUT2D eigenvalue weighted by Crippen LogP contribution is -2.25. The highest BCUT2D eigenvalue weighted by atomic mass is 15.1. The Labute approximate surface area is 271 Å². The van der Waals surface area contributed by atoms with Crippen molar-refractivity contribution in [3.8, 4) is 34.1 Å². The van der Waals surface area contributed by atoms with Crippen molar-refractivity contribution in [1.29, 1.82) is 0 Å². The highest BCUT2D eigenvalue weighted by Gasteiger charge is 2.43. The molecule has 46 heavy (non-hydrogen) atoms. The minimum Gasteiger partial charge on any atom is -0.310 e. The van der Waals surface area contributed by atoms with Crippen molar-refractivity contribution in [2.24, 2.45) is 0 Å². The van der Waals surface area contributed by atoms with Crippen LogP contribution in [0.1, 0.15) is 22.3 Å². The fraction of sp³-hybridized carbons (Fsp3) is 0.0222. The fourth-order valence-corrected chi connectivity index (χ4v) is 6.78. The molecule has 0 N–H and O–H groups in total. The Morgan fingerprint density at radius 1 is 0.391 bits per heavy atom. The quantitative estimate of drug-likeness (QED) is 0.182. The van der Waals surface area contributed by atoms with Gasteiger partial charge in [0.25, 0.3) is 0 Å². The van der Waals surface area contributed by atoms with Crippen LogP contribution in [0.4, 0.5) is 17.1 Å². The summed E-state index contributed by atoms with van der Waals surface area (Å²) in [6.07, 6.45) is 0. The molecule has 0 bridgehead atoms. The zero-order valence-electron chi connectivity index (χ0n) is 25.3. The van der Waals surface area contributed by atoms with Crippen LogP contribution in [0.5, 0.6) is 0 Å². The number of hydrogen-bond donors (Lipinski definition) is 0. The van der Waals surface area contributed by atoms with Crippen LogP contribution in [0.25, 0.3) is 22.3 Å². The van der Waals surface area contributed by atoms with Crippen molar-refractivity contribution in [2.45, 2.75) is 5.41 Å². The second-order valence-corrected chi connectivity index (χ2v) is 11.6. The van der Waals surface area contributed by atoms with E-state index in [1.54, 1.807) is 0 Å². The van der Waals surface area contributed by atoms with Crippen LogP contribution in [0.3, 0.4) is 0 Å². The monoisotopic (exact) mass is 585 g/mol. The van der Waals surface area contributed by atoms with Gasteiger partial charge in [0.05, 0.1) is 0 Å². The number of fused-ring (bicyclic) bond motifs is 3. The Balaban J connectivity index is 1.32. The van der Waals surface area contributed by atoms with E-state index in [0.29, 0.717) is 0 Å². The van der Waals surface area contributed by atoms with Crippen molar-refractivity contribution < 1.29 is 0 Å². The first-order valence-electron chi connectivity index (χ1n) is 15.7. The number of nitrogens with zero attached hydrogens (tertiary/aromatic N) is 1. The van der Waals surface area contributed by atoms with Gasteiger partial charge in [0, 0.05) is 22.6 Å². The van der Waals surface area contributed by atoms with E-state index in [-0.39, 0.29) is 0 Å². The van der Waals surface area contributed by atoms with Crippen molar-refractivity contribution >= 4 is 17.1 Å². The van der Waals surface area contributed by atoms with E-state index in [1.807, 2.05) is 6.07 Å². The van der Waals surface area contributed by atoms with Gasteiger partial charge in [-0.3, -0.25) is 0 Å². The molecule has 1 nitrogen and oxygen atoms in total. The summed E-state index contributed by atoms with van der Waals surface area (Å²) in [5.74, 6) is 7.40. The maximum absolute atomic E-state index is 3.83. The van der Waals surface area contributed by atoms with Crippen LogP contribution in [-0.2, 0) is 5.41 Å². The maximum Gasteiger partial charge on any atom is 0.108 e. The Hall–Kier alpha value is -6.10. The van der Waals surface area contributed by atoms with Gasteiger partial charge >= 0.3 is 0 Å². The van der Waals surface area contributed by atoms with Gasteiger partial charge in [-0.05, 0) is 93.5 Å². The third-order valence-electron chi connectivity index (χ3n) is 8.89. The smallest absolute Gasteiger partial charge is 0.108 e. The topological polar surface area (TPSA) is 3.24 Å². The van der Waals surface area contributed by atoms with Gasteiger partial charge in [-0.1, -0.05) is 145 Å². The van der Waals surface area contributed by atoms with Gasteiger partial charge in [0.1, 0.15) is 5.41 Å². The minimum absolute atomic E-state index is 0.614. The van der Waals surface area contributed by atoms with Crippen LogP contribution >= 0.6 is 0 Å². The normalized spacial score (nSPS) is 14.4. The fourth-order valence-electron chi connectivity index (χ4n) is 6.78. The first-order chi connectivity index (χ1) is 22.8. The Kier molecular flexibility index (Phi) is 7.02. The molecule has 1 aliphatic carbocycles. The van der Waals surface area contributed by atoms with Gasteiger partial charge in [0.2, 0.25) is 0 Å². The van der Waals surface area contributed by atoms with Crippen molar-refractivity contribution in [1.82, 2.24) is 0 Å². The van der Waals surface area contributed by atoms with Crippen LogP contribution < -0.4 is 4.90 Å². The molecule has 0 radical (unpaired) electrons. The van der Waals surface area contributed by atoms with Gasteiger partial charge in [-0.2, -0.15) is 0 Å². The third-order valence-corrected chi connectivity index (χ3v) is 8.89. The summed E-state index contributed by atoms with van der Waals surface area (Å²) in [5, 5.41) is 0. The molecule has 7 aromatic carbocycles. The van der Waals surface area contributed by atoms with Crippen molar-refractivity contribution in [3.63, 3.8) is 0 Å². The zero-order chi connectivity index (χ0) is 30.8. The average Bonchev–Trinajstić information content (AvgIpc) is 3.42. The molecule has 0 amide bonds. The lowest BCUT2D eigenvalue weighted by Gasteiger charge is -2.28. The predicted octanol–water partition coefficient (Wildman–Crippen LogP) is 11.2. The number of hydrogen-bond acceptors (Lipinski definition) is 1. The van der Waals surface area contributed by atoms with Crippen LogP contribution in [-0.4, -0.2) is 0 Å². The van der Waals surface area contributed by atoms with Gasteiger partial charge in [-0.25, -0.2) is 0 Å². The van der Waals surface area contributed by atoms with E-state index in [1.165, 1.54) is 27.8 Å². The molecule has 0 aromatic heterocycles. The van der Waals surface area contributed by atoms with Crippen LogP contribution in [0.2, 0.25) is 0 Å². The second kappa shape index (κ2) is 11.8. The van der Waals surface area contributed by atoms with Gasteiger partial charge in [0.15, 0.2) is 0 Å². The lowest BCUT2D eigenvalue weighted by molar-refractivity contribution is 0.837. The SMILES string of the molecule is C(#CC1(c2ccccc2)c2ccccc2-c2ccc(-c3cccc(N(c4ccccc4)c4ccccc4)c3)cc21)c1ccccc1.